The maximum atomic E-state index is 11.0. The van der Waals surface area contributed by atoms with E-state index in [0.717, 1.165) is 11.1 Å². The Morgan fingerprint density at radius 1 is 1.04 bits per heavy atom. The Balaban J connectivity index is 1.71. The van der Waals surface area contributed by atoms with Gasteiger partial charge in [-0.1, -0.05) is 6.07 Å². The number of nitro benzene ring substituents is 1. The molecule has 0 N–H and O–H groups in total. The zero-order valence-electron chi connectivity index (χ0n) is 15.4. The molecule has 2 aliphatic rings. The minimum Gasteiger partial charge on any atom is -0.376 e. The van der Waals surface area contributed by atoms with Crippen LogP contribution in [0.1, 0.15) is 18.1 Å². The molecule has 8 nitrogen and oxygen atoms in total. The molecule has 0 saturated carbocycles. The standard InChI is InChI=1S/C18H25NO7/c1-10-15(22-2)16(23-3)17(24-4)18(25-10)26-14-8-11-5-6-13(19(20)21)7-12(11)9-14/h5-7,10,14-18H,8-9H2,1-4H3. The number of nitro groups is 1. The van der Waals surface area contributed by atoms with Crippen molar-refractivity contribution in [2.24, 2.45) is 0 Å². The summed E-state index contributed by atoms with van der Waals surface area (Å²) in [5.41, 5.74) is 2.11. The van der Waals surface area contributed by atoms with Gasteiger partial charge in [-0.25, -0.2) is 0 Å². The highest BCUT2D eigenvalue weighted by atomic mass is 16.7. The van der Waals surface area contributed by atoms with Crippen LogP contribution in [0.3, 0.4) is 0 Å². The van der Waals surface area contributed by atoms with Gasteiger partial charge in [0.1, 0.15) is 18.3 Å². The first-order chi connectivity index (χ1) is 12.5. The molecule has 0 aromatic heterocycles. The lowest BCUT2D eigenvalue weighted by atomic mass is 9.99. The lowest BCUT2D eigenvalue weighted by Crippen LogP contribution is -2.59. The highest BCUT2D eigenvalue weighted by Crippen LogP contribution is 2.32. The van der Waals surface area contributed by atoms with Gasteiger partial charge in [-0.15, -0.1) is 0 Å². The molecule has 1 aliphatic carbocycles. The summed E-state index contributed by atoms with van der Waals surface area (Å²) in [7, 11) is 4.82. The lowest BCUT2D eigenvalue weighted by Gasteiger charge is -2.44. The summed E-state index contributed by atoms with van der Waals surface area (Å²) in [6.07, 6.45) is -0.655. The summed E-state index contributed by atoms with van der Waals surface area (Å²) < 4.78 is 28.8. The van der Waals surface area contributed by atoms with E-state index in [9.17, 15) is 10.1 Å². The molecular weight excluding hydrogens is 342 g/mol. The largest absolute Gasteiger partial charge is 0.376 e. The number of hydrogen-bond acceptors (Lipinski definition) is 7. The van der Waals surface area contributed by atoms with Gasteiger partial charge in [0.2, 0.25) is 0 Å². The number of ether oxygens (including phenoxy) is 5. The van der Waals surface area contributed by atoms with Gasteiger partial charge in [-0.3, -0.25) is 10.1 Å². The second-order valence-electron chi connectivity index (χ2n) is 6.69. The van der Waals surface area contributed by atoms with Gasteiger partial charge < -0.3 is 23.7 Å². The van der Waals surface area contributed by atoms with Gasteiger partial charge in [0, 0.05) is 33.5 Å². The van der Waals surface area contributed by atoms with E-state index >= 15 is 0 Å². The van der Waals surface area contributed by atoms with E-state index in [4.69, 9.17) is 23.7 Å². The summed E-state index contributed by atoms with van der Waals surface area (Å²) in [5, 5.41) is 11.0. The molecule has 6 unspecified atom stereocenters. The minimum atomic E-state index is -0.597. The third-order valence-corrected chi connectivity index (χ3v) is 5.17. The first-order valence-electron chi connectivity index (χ1n) is 8.64. The number of non-ortho nitro benzene ring substituents is 1. The van der Waals surface area contributed by atoms with Crippen LogP contribution in [0.15, 0.2) is 18.2 Å². The van der Waals surface area contributed by atoms with Crippen LogP contribution in [0.4, 0.5) is 5.69 Å². The molecule has 144 valence electrons. The van der Waals surface area contributed by atoms with Crippen LogP contribution in [0.25, 0.3) is 0 Å². The Labute approximate surface area is 152 Å². The molecule has 0 radical (unpaired) electrons. The first kappa shape index (κ1) is 19.2. The molecule has 8 heteroatoms. The molecule has 1 aromatic rings. The van der Waals surface area contributed by atoms with Gasteiger partial charge in [0.15, 0.2) is 6.29 Å². The van der Waals surface area contributed by atoms with Crippen LogP contribution in [0, 0.1) is 10.1 Å². The van der Waals surface area contributed by atoms with E-state index in [2.05, 4.69) is 0 Å². The maximum Gasteiger partial charge on any atom is 0.269 e. The normalized spacial score (nSPS) is 33.8. The summed E-state index contributed by atoms with van der Waals surface area (Å²) in [6.45, 7) is 1.91. The lowest BCUT2D eigenvalue weighted by molar-refractivity contribution is -0.384. The van der Waals surface area contributed by atoms with E-state index in [-0.39, 0.29) is 35.0 Å². The van der Waals surface area contributed by atoms with Crippen molar-refractivity contribution in [1.29, 1.82) is 0 Å². The topological polar surface area (TPSA) is 89.3 Å². The predicted octanol–water partition coefficient (Wildman–Crippen LogP) is 1.87. The van der Waals surface area contributed by atoms with E-state index in [1.165, 1.54) is 6.07 Å². The van der Waals surface area contributed by atoms with Crippen LogP contribution < -0.4 is 0 Å². The Morgan fingerprint density at radius 2 is 1.69 bits per heavy atom. The van der Waals surface area contributed by atoms with Crippen LogP contribution in [-0.4, -0.2) is 63.1 Å². The third-order valence-electron chi connectivity index (χ3n) is 5.17. The van der Waals surface area contributed by atoms with E-state index < -0.39 is 12.4 Å². The summed E-state index contributed by atoms with van der Waals surface area (Å²) in [4.78, 5) is 10.6. The van der Waals surface area contributed by atoms with Gasteiger partial charge >= 0.3 is 0 Å². The zero-order chi connectivity index (χ0) is 18.8. The predicted molar refractivity (Wildman–Crippen MR) is 92.1 cm³/mol. The molecule has 6 atom stereocenters. The highest BCUT2D eigenvalue weighted by molar-refractivity contribution is 5.43. The summed E-state index contributed by atoms with van der Waals surface area (Å²) >= 11 is 0. The highest BCUT2D eigenvalue weighted by Gasteiger charge is 2.47. The Bertz CT molecular complexity index is 652. The van der Waals surface area contributed by atoms with Crippen LogP contribution in [-0.2, 0) is 36.5 Å². The average Bonchev–Trinajstić information content (AvgIpc) is 3.02. The number of hydrogen-bond donors (Lipinski definition) is 0. The Morgan fingerprint density at radius 3 is 2.31 bits per heavy atom. The van der Waals surface area contributed by atoms with Crippen LogP contribution in [0.5, 0.6) is 0 Å². The van der Waals surface area contributed by atoms with Crippen molar-refractivity contribution in [2.45, 2.75) is 56.6 Å². The molecule has 0 amide bonds. The fourth-order valence-electron chi connectivity index (χ4n) is 3.89. The molecular formula is C18H25NO7. The molecule has 1 aromatic carbocycles. The SMILES string of the molecule is COC1C(C)OC(OC2Cc3ccc([N+](=O)[O-])cc3C2)C(OC)C1OC. The molecule has 1 saturated heterocycles. The third kappa shape index (κ3) is 3.60. The molecule has 0 bridgehead atoms. The van der Waals surface area contributed by atoms with Gasteiger partial charge in [-0.2, -0.15) is 0 Å². The fourth-order valence-corrected chi connectivity index (χ4v) is 3.89. The molecule has 1 fully saturated rings. The second kappa shape index (κ2) is 7.98. The van der Waals surface area contributed by atoms with Crippen molar-refractivity contribution in [3.63, 3.8) is 0 Å². The molecule has 1 heterocycles. The maximum absolute atomic E-state index is 11.0. The van der Waals surface area contributed by atoms with E-state index in [1.807, 2.05) is 6.92 Å². The number of rotatable bonds is 6. The van der Waals surface area contributed by atoms with Crippen LogP contribution >= 0.6 is 0 Å². The first-order valence-corrected chi connectivity index (χ1v) is 8.64. The van der Waals surface area contributed by atoms with Crippen molar-refractivity contribution in [2.75, 3.05) is 21.3 Å². The van der Waals surface area contributed by atoms with Crippen molar-refractivity contribution in [3.8, 4) is 0 Å². The van der Waals surface area contributed by atoms with Crippen molar-refractivity contribution >= 4 is 5.69 Å². The van der Waals surface area contributed by atoms with Gasteiger partial charge in [0.25, 0.3) is 5.69 Å². The van der Waals surface area contributed by atoms with Gasteiger partial charge in [0.05, 0.1) is 17.1 Å². The zero-order valence-corrected chi connectivity index (χ0v) is 15.4. The van der Waals surface area contributed by atoms with Crippen molar-refractivity contribution < 1.29 is 28.6 Å². The monoisotopic (exact) mass is 367 g/mol. The fraction of sp³-hybridized carbons (Fsp3) is 0.667. The quantitative estimate of drug-likeness (QED) is 0.560. The van der Waals surface area contributed by atoms with Crippen LogP contribution in [0.2, 0.25) is 0 Å². The van der Waals surface area contributed by atoms with Crippen molar-refractivity contribution in [1.82, 2.24) is 0 Å². The van der Waals surface area contributed by atoms with E-state index in [0.29, 0.717) is 12.8 Å². The van der Waals surface area contributed by atoms with E-state index in [1.54, 1.807) is 33.5 Å². The molecule has 3 rings (SSSR count). The smallest absolute Gasteiger partial charge is 0.269 e. The number of methoxy groups -OCH3 is 3. The molecule has 26 heavy (non-hydrogen) atoms. The second-order valence-corrected chi connectivity index (χ2v) is 6.69. The number of benzene rings is 1. The summed E-state index contributed by atoms with van der Waals surface area (Å²) in [6, 6.07) is 4.95. The molecule has 0 spiro atoms. The Hall–Kier alpha value is -1.58. The Kier molecular flexibility index (Phi) is 5.89. The summed E-state index contributed by atoms with van der Waals surface area (Å²) in [5.74, 6) is 0. The molecule has 1 aliphatic heterocycles. The van der Waals surface area contributed by atoms with Crippen molar-refractivity contribution in [3.05, 3.63) is 39.4 Å². The average molecular weight is 367 g/mol. The van der Waals surface area contributed by atoms with Gasteiger partial charge in [-0.05, 0) is 30.9 Å². The minimum absolute atomic E-state index is 0.101. The number of nitrogens with zero attached hydrogens (tertiary/aromatic N) is 1. The number of fused-ring (bicyclic) bond motifs is 1.